The van der Waals surface area contributed by atoms with Crippen LogP contribution in [0.4, 0.5) is 0 Å². The lowest BCUT2D eigenvalue weighted by molar-refractivity contribution is 0.100. The zero-order chi connectivity index (χ0) is 11.7. The van der Waals surface area contributed by atoms with Gasteiger partial charge in [-0.25, -0.2) is 0 Å². The van der Waals surface area contributed by atoms with Crippen LogP contribution in [-0.2, 0) is 0 Å². The first-order chi connectivity index (χ1) is 7.67. The lowest BCUT2D eigenvalue weighted by atomic mass is 10.0. The number of fused-ring (bicyclic) bond motifs is 1. The summed E-state index contributed by atoms with van der Waals surface area (Å²) in [4.78, 5) is 11.6. The molecule has 1 aliphatic carbocycles. The van der Waals surface area contributed by atoms with E-state index in [9.17, 15) is 9.90 Å². The fourth-order valence-corrected chi connectivity index (χ4v) is 1.76. The monoisotopic (exact) mass is 210 g/mol. The van der Waals surface area contributed by atoms with E-state index in [0.717, 1.165) is 0 Å². The van der Waals surface area contributed by atoms with Crippen molar-refractivity contribution in [1.82, 2.24) is 0 Å². The van der Waals surface area contributed by atoms with Crippen LogP contribution in [0.2, 0.25) is 0 Å². The van der Waals surface area contributed by atoms with E-state index in [1.165, 1.54) is 12.1 Å². The molecule has 1 aliphatic rings. The largest absolute Gasteiger partial charge is 0.508 e. The van der Waals surface area contributed by atoms with E-state index >= 15 is 0 Å². The number of ketones is 1. The van der Waals surface area contributed by atoms with Crippen molar-refractivity contribution in [1.29, 1.82) is 10.5 Å². The van der Waals surface area contributed by atoms with Crippen LogP contribution in [0.3, 0.4) is 0 Å². The first-order valence-electron chi connectivity index (χ1n) is 4.57. The van der Waals surface area contributed by atoms with Crippen molar-refractivity contribution < 1.29 is 9.90 Å². The molecule has 1 aromatic carbocycles. The van der Waals surface area contributed by atoms with Gasteiger partial charge in [0.25, 0.3) is 0 Å². The van der Waals surface area contributed by atoms with Crippen molar-refractivity contribution in [2.45, 2.75) is 6.42 Å². The molecule has 4 nitrogen and oxygen atoms in total. The van der Waals surface area contributed by atoms with Crippen molar-refractivity contribution in [2.75, 3.05) is 0 Å². The molecule has 2 rings (SSSR count). The second-order valence-electron chi connectivity index (χ2n) is 3.41. The molecule has 1 N–H and O–H groups in total. The Labute approximate surface area is 91.7 Å². The first kappa shape index (κ1) is 9.95. The number of nitrogens with zero attached hydrogens (tertiary/aromatic N) is 2. The van der Waals surface area contributed by atoms with Gasteiger partial charge in [-0.2, -0.15) is 10.5 Å². The number of hydrogen-bond donors (Lipinski definition) is 1. The molecule has 1 aromatic rings. The predicted molar refractivity (Wildman–Crippen MR) is 55.2 cm³/mol. The molecule has 0 unspecified atom stereocenters. The Kier molecular flexibility index (Phi) is 2.19. The molecule has 0 fully saturated rings. The number of allylic oxidation sites excluding steroid dienone is 2. The van der Waals surface area contributed by atoms with Gasteiger partial charge in [-0.15, -0.1) is 0 Å². The van der Waals surface area contributed by atoms with E-state index in [0.29, 0.717) is 16.7 Å². The van der Waals surface area contributed by atoms with E-state index in [1.54, 1.807) is 18.2 Å². The summed E-state index contributed by atoms with van der Waals surface area (Å²) >= 11 is 0. The van der Waals surface area contributed by atoms with Crippen LogP contribution in [0.5, 0.6) is 5.75 Å². The van der Waals surface area contributed by atoms with E-state index in [1.807, 2.05) is 0 Å². The maximum atomic E-state index is 11.6. The summed E-state index contributed by atoms with van der Waals surface area (Å²) < 4.78 is 0. The molecule has 0 spiro atoms. The zero-order valence-corrected chi connectivity index (χ0v) is 8.19. The smallest absolute Gasteiger partial charge is 0.168 e. The van der Waals surface area contributed by atoms with Crippen molar-refractivity contribution in [3.63, 3.8) is 0 Å². The standard InChI is InChI=1S/C12H6N2O2/c13-5-7(6-14)10-4-12(16)11-3-8(15)1-2-9(10)11/h1-3,15H,4H2. The molecular weight excluding hydrogens is 204 g/mol. The summed E-state index contributed by atoms with van der Waals surface area (Å²) in [7, 11) is 0. The van der Waals surface area contributed by atoms with Crippen LogP contribution in [0, 0.1) is 22.7 Å². The van der Waals surface area contributed by atoms with E-state index < -0.39 is 0 Å². The van der Waals surface area contributed by atoms with Crippen molar-refractivity contribution in [3.8, 4) is 17.9 Å². The first-order valence-corrected chi connectivity index (χ1v) is 4.57. The highest BCUT2D eigenvalue weighted by Crippen LogP contribution is 2.35. The number of nitriles is 2. The zero-order valence-electron chi connectivity index (χ0n) is 8.19. The summed E-state index contributed by atoms with van der Waals surface area (Å²) in [6.45, 7) is 0. The second-order valence-corrected chi connectivity index (χ2v) is 3.41. The highest BCUT2D eigenvalue weighted by atomic mass is 16.3. The number of carbonyl (C=O) groups excluding carboxylic acids is 1. The number of rotatable bonds is 0. The number of Topliss-reactive ketones (excluding diaryl/α,β-unsaturated/α-hetero) is 1. The van der Waals surface area contributed by atoms with Crippen molar-refractivity contribution >= 4 is 11.4 Å². The molecule has 76 valence electrons. The molecule has 0 atom stereocenters. The molecule has 4 heteroatoms. The summed E-state index contributed by atoms with van der Waals surface area (Å²) in [5.74, 6) is -0.173. The van der Waals surface area contributed by atoms with E-state index in [4.69, 9.17) is 10.5 Å². The van der Waals surface area contributed by atoms with Gasteiger partial charge in [0.05, 0.1) is 0 Å². The minimum absolute atomic E-state index is 0.00353. The molecule has 0 bridgehead atoms. The number of carbonyl (C=O) groups is 1. The molecular formula is C12H6N2O2. The fraction of sp³-hybridized carbons (Fsp3) is 0.0833. The minimum Gasteiger partial charge on any atom is -0.508 e. The molecule has 0 heterocycles. The van der Waals surface area contributed by atoms with Crippen molar-refractivity contribution in [3.05, 3.63) is 34.9 Å². The Balaban J connectivity index is 2.72. The lowest BCUT2D eigenvalue weighted by Crippen LogP contribution is -1.89. The Morgan fingerprint density at radius 3 is 2.56 bits per heavy atom. The Morgan fingerprint density at radius 1 is 1.25 bits per heavy atom. The summed E-state index contributed by atoms with van der Waals surface area (Å²) in [6.07, 6.45) is 0.0508. The topological polar surface area (TPSA) is 84.9 Å². The molecule has 0 saturated carbocycles. The highest BCUT2D eigenvalue weighted by molar-refractivity contribution is 6.13. The summed E-state index contributed by atoms with van der Waals surface area (Å²) in [5.41, 5.74) is 1.35. The van der Waals surface area contributed by atoms with Crippen LogP contribution in [0.15, 0.2) is 23.8 Å². The van der Waals surface area contributed by atoms with Gasteiger partial charge in [0.1, 0.15) is 23.5 Å². The maximum absolute atomic E-state index is 11.6. The highest BCUT2D eigenvalue weighted by Gasteiger charge is 2.27. The van der Waals surface area contributed by atoms with Gasteiger partial charge in [-0.05, 0) is 23.3 Å². The average molecular weight is 210 g/mol. The minimum atomic E-state index is -0.177. The quantitative estimate of drug-likeness (QED) is 0.661. The van der Waals surface area contributed by atoms with Gasteiger partial charge in [0.2, 0.25) is 0 Å². The molecule has 0 saturated heterocycles. The average Bonchev–Trinajstić information content (AvgIpc) is 2.58. The Bertz CT molecular complexity index is 584. The van der Waals surface area contributed by atoms with Crippen LogP contribution in [0.1, 0.15) is 22.3 Å². The molecule has 16 heavy (non-hydrogen) atoms. The Hall–Kier alpha value is -2.59. The SMILES string of the molecule is N#CC(C#N)=C1CC(=O)c2cc(O)ccc21. The maximum Gasteiger partial charge on any atom is 0.168 e. The van der Waals surface area contributed by atoms with Gasteiger partial charge in [0.15, 0.2) is 5.78 Å². The Morgan fingerprint density at radius 2 is 1.94 bits per heavy atom. The number of phenolic OH excluding ortho intramolecular Hbond substituents is 1. The van der Waals surface area contributed by atoms with E-state index in [2.05, 4.69) is 0 Å². The normalized spacial score (nSPS) is 12.9. The van der Waals surface area contributed by atoms with Gasteiger partial charge in [-0.3, -0.25) is 4.79 Å². The van der Waals surface area contributed by atoms with Crippen molar-refractivity contribution in [2.24, 2.45) is 0 Å². The lowest BCUT2D eigenvalue weighted by Gasteiger charge is -1.99. The molecule has 0 aromatic heterocycles. The van der Waals surface area contributed by atoms with Crippen LogP contribution in [0.25, 0.3) is 5.57 Å². The van der Waals surface area contributed by atoms with Crippen LogP contribution in [-0.4, -0.2) is 10.9 Å². The van der Waals surface area contributed by atoms with Gasteiger partial charge >= 0.3 is 0 Å². The third-order valence-corrected chi connectivity index (χ3v) is 2.49. The van der Waals surface area contributed by atoms with Gasteiger partial charge in [0, 0.05) is 12.0 Å². The van der Waals surface area contributed by atoms with Crippen LogP contribution < -0.4 is 0 Å². The van der Waals surface area contributed by atoms with E-state index in [-0.39, 0.29) is 23.5 Å². The summed E-state index contributed by atoms with van der Waals surface area (Å²) in [5, 5.41) is 26.8. The molecule has 0 radical (unpaired) electrons. The van der Waals surface area contributed by atoms with Gasteiger partial charge in [-0.1, -0.05) is 6.07 Å². The van der Waals surface area contributed by atoms with Crippen LogP contribution >= 0.6 is 0 Å². The number of phenols is 1. The third-order valence-electron chi connectivity index (χ3n) is 2.49. The second kappa shape index (κ2) is 3.52. The fourth-order valence-electron chi connectivity index (χ4n) is 1.76. The predicted octanol–water partition coefficient (Wildman–Crippen LogP) is 1.78. The molecule has 0 aliphatic heterocycles. The molecule has 0 amide bonds. The third kappa shape index (κ3) is 1.34. The number of aromatic hydroxyl groups is 1. The number of benzene rings is 1. The van der Waals surface area contributed by atoms with Gasteiger partial charge < -0.3 is 5.11 Å². The summed E-state index contributed by atoms with van der Waals surface area (Å²) in [6, 6.07) is 7.89. The number of hydrogen-bond acceptors (Lipinski definition) is 4.